The summed E-state index contributed by atoms with van der Waals surface area (Å²) in [5, 5.41) is 16.1. The van der Waals surface area contributed by atoms with Crippen molar-refractivity contribution in [3.63, 3.8) is 0 Å². The first-order valence-electron chi connectivity index (χ1n) is 17.6. The number of phenols is 1. The number of hydrogen-bond acceptors (Lipinski definition) is 6. The molecule has 1 amide bonds. The molecular formula is C38H53F2N5O3. The summed E-state index contributed by atoms with van der Waals surface area (Å²) in [6, 6.07) is 4.22. The van der Waals surface area contributed by atoms with Crippen LogP contribution in [0.4, 0.5) is 8.78 Å². The number of alkyl halides is 2. The highest BCUT2D eigenvalue weighted by atomic mass is 19.3. The molecule has 0 saturated carbocycles. The molecule has 0 radical (unpaired) electrons. The molecule has 0 spiro atoms. The van der Waals surface area contributed by atoms with E-state index in [1.165, 1.54) is 13.0 Å². The quantitative estimate of drug-likeness (QED) is 0.201. The molecule has 10 heteroatoms. The van der Waals surface area contributed by atoms with Crippen molar-refractivity contribution in [3.8, 4) is 11.4 Å². The van der Waals surface area contributed by atoms with Gasteiger partial charge in [0.15, 0.2) is 5.78 Å². The normalized spacial score (nSPS) is 25.4. The van der Waals surface area contributed by atoms with Gasteiger partial charge < -0.3 is 15.7 Å². The van der Waals surface area contributed by atoms with E-state index in [0.717, 1.165) is 35.4 Å². The standard InChI is InChI=1S/C38H53F2N5O3/c1-8-24(7)21-44-34(38(39,40)23(5)6)15-12-28(36(44)41)37(48)43-17-16-31-35-29(13-10-25(19-32(35)43)18-27(46)9-2)42-45(31)30-14-11-26(22(3)4)20-33(30)47/h9,11,14,20,22,24-25,28,32,34,36,47H,2,5,8,10,12-13,15-19,21,41H2,1,3-4,6-7H3. The Bertz CT molecular complexity index is 1550. The summed E-state index contributed by atoms with van der Waals surface area (Å²) >= 11 is 0. The SMILES string of the molecule is C=CC(=O)CC1CCc2nn(-c3ccc(C(C)C)cc3O)c3c2C(C1)N(C(=O)C1CCC(C(F)(F)C(=C)C)N(CC(C)CC)C1N)CC3. The Morgan fingerprint density at radius 2 is 1.92 bits per heavy atom. The molecule has 48 heavy (non-hydrogen) atoms. The summed E-state index contributed by atoms with van der Waals surface area (Å²) in [5.74, 6) is -3.42. The molecule has 6 atom stereocenters. The van der Waals surface area contributed by atoms with Gasteiger partial charge >= 0.3 is 0 Å². The number of allylic oxidation sites excluding steroid dienone is 1. The Morgan fingerprint density at radius 3 is 2.54 bits per heavy atom. The zero-order chi connectivity index (χ0) is 35.1. The fourth-order valence-electron chi connectivity index (χ4n) is 7.99. The van der Waals surface area contributed by atoms with E-state index < -0.39 is 24.0 Å². The van der Waals surface area contributed by atoms with Crippen molar-refractivity contribution in [2.75, 3.05) is 13.1 Å². The topological polar surface area (TPSA) is 105 Å². The predicted octanol–water partition coefficient (Wildman–Crippen LogP) is 6.85. The van der Waals surface area contributed by atoms with Crippen LogP contribution >= 0.6 is 0 Å². The van der Waals surface area contributed by atoms with Crippen LogP contribution in [0.2, 0.25) is 0 Å². The van der Waals surface area contributed by atoms with Crippen molar-refractivity contribution >= 4 is 11.7 Å². The number of ketones is 1. The van der Waals surface area contributed by atoms with Crippen LogP contribution in [0.15, 0.2) is 43.0 Å². The number of hydrogen-bond donors (Lipinski definition) is 2. The number of halogens is 2. The van der Waals surface area contributed by atoms with Gasteiger partial charge in [-0.3, -0.25) is 14.5 Å². The molecule has 0 bridgehead atoms. The number of aromatic hydroxyl groups is 1. The second-order valence-corrected chi connectivity index (χ2v) is 14.7. The van der Waals surface area contributed by atoms with Gasteiger partial charge in [-0.05, 0) is 86.1 Å². The highest BCUT2D eigenvalue weighted by Gasteiger charge is 2.52. The second-order valence-electron chi connectivity index (χ2n) is 14.7. The summed E-state index contributed by atoms with van der Waals surface area (Å²) in [4.78, 5) is 30.7. The number of piperidine rings is 1. The van der Waals surface area contributed by atoms with Crippen molar-refractivity contribution < 1.29 is 23.5 Å². The molecule has 2 aliphatic heterocycles. The average Bonchev–Trinajstić information content (AvgIpc) is 3.32. The number of rotatable bonds is 11. The molecular weight excluding hydrogens is 612 g/mol. The fraction of sp³-hybridized carbons (Fsp3) is 0.605. The number of carbonyl (C=O) groups excluding carboxylic acids is 2. The first-order valence-corrected chi connectivity index (χ1v) is 17.6. The third-order valence-corrected chi connectivity index (χ3v) is 11.1. The minimum absolute atomic E-state index is 0.0173. The van der Waals surface area contributed by atoms with Crippen LogP contribution in [0.25, 0.3) is 5.69 Å². The summed E-state index contributed by atoms with van der Waals surface area (Å²) in [7, 11) is 0. The van der Waals surface area contributed by atoms with Crippen LogP contribution in [-0.4, -0.2) is 67.6 Å². The first-order chi connectivity index (χ1) is 22.7. The number of likely N-dealkylation sites (tertiary alicyclic amines) is 1. The number of amides is 1. The average molecular weight is 666 g/mol. The van der Waals surface area contributed by atoms with E-state index in [-0.39, 0.29) is 59.7 Å². The van der Waals surface area contributed by atoms with Gasteiger partial charge in [-0.1, -0.05) is 53.3 Å². The molecule has 6 unspecified atom stereocenters. The van der Waals surface area contributed by atoms with Gasteiger partial charge in [0, 0.05) is 31.5 Å². The van der Waals surface area contributed by atoms with Crippen LogP contribution in [0.5, 0.6) is 5.75 Å². The molecule has 1 saturated heterocycles. The monoisotopic (exact) mass is 665 g/mol. The fourth-order valence-corrected chi connectivity index (χ4v) is 7.99. The van der Waals surface area contributed by atoms with Gasteiger partial charge in [0.1, 0.15) is 11.4 Å². The first kappa shape index (κ1) is 35.9. The summed E-state index contributed by atoms with van der Waals surface area (Å²) < 4.78 is 32.9. The molecule has 1 aromatic heterocycles. The summed E-state index contributed by atoms with van der Waals surface area (Å²) in [6.45, 7) is 17.6. The number of carbonyl (C=O) groups is 2. The van der Waals surface area contributed by atoms with Crippen molar-refractivity contribution in [1.82, 2.24) is 19.6 Å². The van der Waals surface area contributed by atoms with Gasteiger partial charge in [-0.15, -0.1) is 0 Å². The third-order valence-electron chi connectivity index (χ3n) is 11.1. The Hall–Kier alpha value is -3.37. The number of nitrogens with zero attached hydrogens (tertiary/aromatic N) is 4. The molecule has 3 aliphatic rings. The Morgan fingerprint density at radius 1 is 1.19 bits per heavy atom. The molecule has 3 N–H and O–H groups in total. The molecule has 3 heterocycles. The summed E-state index contributed by atoms with van der Waals surface area (Å²) in [6.07, 6.45) is 4.45. The van der Waals surface area contributed by atoms with Crippen molar-refractivity contribution in [1.29, 1.82) is 0 Å². The lowest BCUT2D eigenvalue weighted by Crippen LogP contribution is -2.64. The number of aromatic nitrogens is 2. The van der Waals surface area contributed by atoms with Crippen LogP contribution in [0.3, 0.4) is 0 Å². The molecule has 2 aromatic rings. The van der Waals surface area contributed by atoms with E-state index in [9.17, 15) is 14.7 Å². The van der Waals surface area contributed by atoms with E-state index in [4.69, 9.17) is 10.8 Å². The smallest absolute Gasteiger partial charge is 0.284 e. The van der Waals surface area contributed by atoms with Gasteiger partial charge in [0.05, 0.1) is 35.6 Å². The number of nitrogens with two attached hydrogens (primary N) is 1. The van der Waals surface area contributed by atoms with E-state index in [0.29, 0.717) is 44.5 Å². The number of benzene rings is 1. The van der Waals surface area contributed by atoms with Gasteiger partial charge in [-0.25, -0.2) is 4.68 Å². The zero-order valence-corrected chi connectivity index (χ0v) is 29.2. The Balaban J connectivity index is 1.52. The molecule has 1 fully saturated rings. The third kappa shape index (κ3) is 6.75. The van der Waals surface area contributed by atoms with Crippen molar-refractivity contribution in [2.24, 2.45) is 23.5 Å². The van der Waals surface area contributed by atoms with Gasteiger partial charge in [0.25, 0.3) is 5.92 Å². The highest BCUT2D eigenvalue weighted by Crippen LogP contribution is 2.45. The number of phenolic OH excluding ortho intramolecular Hbond substituents is 1. The van der Waals surface area contributed by atoms with E-state index in [2.05, 4.69) is 27.0 Å². The Kier molecular flexibility index (Phi) is 10.7. The lowest BCUT2D eigenvalue weighted by atomic mass is 9.82. The van der Waals surface area contributed by atoms with Crippen molar-refractivity contribution in [3.05, 3.63) is 65.5 Å². The zero-order valence-electron chi connectivity index (χ0n) is 29.2. The van der Waals surface area contributed by atoms with E-state index >= 15 is 8.78 Å². The molecule has 8 nitrogen and oxygen atoms in total. The van der Waals surface area contributed by atoms with E-state index in [1.54, 1.807) is 11.0 Å². The van der Waals surface area contributed by atoms with Gasteiger partial charge in [-0.2, -0.15) is 13.9 Å². The highest BCUT2D eigenvalue weighted by molar-refractivity contribution is 5.89. The van der Waals surface area contributed by atoms with Crippen LogP contribution in [-0.2, 0) is 22.4 Å². The van der Waals surface area contributed by atoms with Crippen LogP contribution in [0, 0.1) is 17.8 Å². The molecule has 5 rings (SSSR count). The maximum absolute atomic E-state index is 15.5. The van der Waals surface area contributed by atoms with E-state index in [1.807, 2.05) is 35.6 Å². The lowest BCUT2D eigenvalue weighted by Gasteiger charge is -2.49. The second kappa shape index (κ2) is 14.2. The maximum atomic E-state index is 15.5. The largest absolute Gasteiger partial charge is 0.506 e. The van der Waals surface area contributed by atoms with Crippen LogP contribution in [0.1, 0.15) is 108 Å². The minimum atomic E-state index is -3.13. The lowest BCUT2D eigenvalue weighted by molar-refractivity contribution is -0.150. The molecule has 1 aliphatic carbocycles. The molecule has 262 valence electrons. The summed E-state index contributed by atoms with van der Waals surface area (Å²) in [5.41, 5.74) is 11.0. The maximum Gasteiger partial charge on any atom is 0.284 e. The molecule has 1 aromatic carbocycles. The van der Waals surface area contributed by atoms with Crippen molar-refractivity contribution in [2.45, 2.75) is 116 Å². The van der Waals surface area contributed by atoms with Crippen LogP contribution < -0.4 is 5.73 Å². The minimum Gasteiger partial charge on any atom is -0.506 e. The Labute approximate surface area is 284 Å². The van der Waals surface area contributed by atoms with Gasteiger partial charge in [0.2, 0.25) is 5.91 Å². The predicted molar refractivity (Wildman–Crippen MR) is 184 cm³/mol. The number of aryl methyl sites for hydroxylation is 1.